The average Bonchev–Trinajstić information content (AvgIpc) is 2.30. The zero-order valence-electron chi connectivity index (χ0n) is 10.3. The van der Waals surface area contributed by atoms with Crippen LogP contribution in [0.3, 0.4) is 0 Å². The topological polar surface area (TPSA) is 48.5 Å². The van der Waals surface area contributed by atoms with Crippen molar-refractivity contribution in [2.24, 2.45) is 0 Å². The number of carbonyl (C=O) groups excluding carboxylic acids is 1. The van der Waals surface area contributed by atoms with Crippen LogP contribution in [0.5, 0.6) is 0 Å². The first kappa shape index (κ1) is 12.6. The van der Waals surface area contributed by atoms with Crippen LogP contribution >= 0.6 is 11.6 Å². The Morgan fingerprint density at radius 2 is 2.26 bits per heavy atom. The maximum atomic E-state index is 13.7. The third-order valence-corrected chi connectivity index (χ3v) is 3.74. The monoisotopic (exact) mass is 284 g/mol. The van der Waals surface area contributed by atoms with Gasteiger partial charge < -0.3 is 10.2 Å². The predicted molar refractivity (Wildman–Crippen MR) is 69.8 cm³/mol. The van der Waals surface area contributed by atoms with E-state index in [0.29, 0.717) is 43.1 Å². The molecule has 1 N–H and O–H groups in total. The van der Waals surface area contributed by atoms with Crippen LogP contribution in [0.4, 0.5) is 10.2 Å². The minimum atomic E-state index is -0.401. The van der Waals surface area contributed by atoms with Crippen molar-refractivity contribution in [1.29, 1.82) is 0 Å². The van der Waals surface area contributed by atoms with E-state index >= 15 is 0 Å². The van der Waals surface area contributed by atoms with Crippen LogP contribution in [0, 0.1) is 5.82 Å². The molecule has 3 heterocycles. The van der Waals surface area contributed by atoms with Gasteiger partial charge in [-0.05, 0) is 6.07 Å². The number of halogens is 2. The van der Waals surface area contributed by atoms with Crippen LogP contribution < -0.4 is 10.2 Å². The Labute approximate surface area is 115 Å². The normalized spacial score (nSPS) is 21.2. The summed E-state index contributed by atoms with van der Waals surface area (Å²) in [6, 6.07) is 1.56. The first-order chi connectivity index (χ1) is 9.13. The number of pyridine rings is 1. The highest BCUT2D eigenvalue weighted by Crippen LogP contribution is 2.26. The SMILES string of the molecule is O=C1CN(C2CN(c3ncc(Cl)cc3F)C2)CCN1. The molecular weight excluding hydrogens is 271 g/mol. The number of hydrogen-bond donors (Lipinski definition) is 1. The molecule has 0 atom stereocenters. The fourth-order valence-corrected chi connectivity index (χ4v) is 2.61. The Bertz CT molecular complexity index is 507. The van der Waals surface area contributed by atoms with Crippen molar-refractivity contribution in [1.82, 2.24) is 15.2 Å². The van der Waals surface area contributed by atoms with Gasteiger partial charge in [-0.3, -0.25) is 9.69 Å². The van der Waals surface area contributed by atoms with Gasteiger partial charge in [-0.2, -0.15) is 0 Å². The van der Waals surface area contributed by atoms with Crippen molar-refractivity contribution >= 4 is 23.3 Å². The second-order valence-electron chi connectivity index (χ2n) is 4.84. The van der Waals surface area contributed by atoms with Gasteiger partial charge >= 0.3 is 0 Å². The van der Waals surface area contributed by atoms with Gasteiger partial charge in [0.2, 0.25) is 5.91 Å². The molecule has 0 bridgehead atoms. The standard InChI is InChI=1S/C12H14ClFN4O/c13-8-3-10(14)12(16-4-8)18-5-9(6-18)17-2-1-15-11(19)7-17/h3-4,9H,1-2,5-7H2,(H,15,19). The fourth-order valence-electron chi connectivity index (χ4n) is 2.47. The molecule has 0 radical (unpaired) electrons. The van der Waals surface area contributed by atoms with E-state index in [1.165, 1.54) is 12.3 Å². The zero-order chi connectivity index (χ0) is 13.4. The predicted octanol–water partition coefficient (Wildman–Crippen LogP) is 0.495. The van der Waals surface area contributed by atoms with Crippen molar-refractivity contribution < 1.29 is 9.18 Å². The number of aromatic nitrogens is 1. The van der Waals surface area contributed by atoms with E-state index in [2.05, 4.69) is 15.2 Å². The van der Waals surface area contributed by atoms with Gasteiger partial charge in [0.1, 0.15) is 0 Å². The average molecular weight is 285 g/mol. The summed E-state index contributed by atoms with van der Waals surface area (Å²) in [7, 11) is 0. The van der Waals surface area contributed by atoms with Crippen molar-refractivity contribution in [3.63, 3.8) is 0 Å². The van der Waals surface area contributed by atoms with Crippen molar-refractivity contribution in [2.75, 3.05) is 37.6 Å². The van der Waals surface area contributed by atoms with E-state index in [4.69, 9.17) is 11.6 Å². The number of anilines is 1. The van der Waals surface area contributed by atoms with Crippen LogP contribution in [0.2, 0.25) is 5.02 Å². The molecule has 0 spiro atoms. The molecule has 2 aliphatic rings. The van der Waals surface area contributed by atoms with Gasteiger partial charge in [-0.1, -0.05) is 11.6 Å². The lowest BCUT2D eigenvalue weighted by molar-refractivity contribution is -0.125. The number of carbonyl (C=O) groups is 1. The van der Waals surface area contributed by atoms with Crippen LogP contribution in [-0.4, -0.2) is 54.6 Å². The first-order valence-electron chi connectivity index (χ1n) is 6.20. The van der Waals surface area contributed by atoms with Gasteiger partial charge in [0, 0.05) is 38.4 Å². The third kappa shape index (κ3) is 2.50. The molecule has 102 valence electrons. The molecule has 0 aromatic carbocycles. The molecule has 2 fully saturated rings. The largest absolute Gasteiger partial charge is 0.354 e. The summed E-state index contributed by atoms with van der Waals surface area (Å²) in [4.78, 5) is 19.3. The van der Waals surface area contributed by atoms with Gasteiger partial charge in [0.15, 0.2) is 11.6 Å². The summed E-state index contributed by atoms with van der Waals surface area (Å²) < 4.78 is 13.7. The molecule has 7 heteroatoms. The molecule has 2 saturated heterocycles. The lowest BCUT2D eigenvalue weighted by Crippen LogP contribution is -2.64. The molecule has 1 aromatic rings. The molecule has 1 amide bonds. The highest BCUT2D eigenvalue weighted by Gasteiger charge is 2.35. The molecule has 0 unspecified atom stereocenters. The molecule has 0 aliphatic carbocycles. The Morgan fingerprint density at radius 1 is 1.47 bits per heavy atom. The Balaban J connectivity index is 1.61. The van der Waals surface area contributed by atoms with Gasteiger partial charge in [0.25, 0.3) is 0 Å². The number of amides is 1. The second-order valence-corrected chi connectivity index (χ2v) is 5.27. The number of hydrogen-bond acceptors (Lipinski definition) is 4. The van der Waals surface area contributed by atoms with E-state index in [0.717, 1.165) is 6.54 Å². The van der Waals surface area contributed by atoms with Crippen LogP contribution in [0.1, 0.15) is 0 Å². The summed E-state index contributed by atoms with van der Waals surface area (Å²) in [6.07, 6.45) is 1.45. The number of rotatable bonds is 2. The zero-order valence-corrected chi connectivity index (χ0v) is 11.0. The molecule has 0 saturated carbocycles. The number of nitrogens with one attached hydrogen (secondary N) is 1. The van der Waals surface area contributed by atoms with E-state index in [1.807, 2.05) is 4.90 Å². The van der Waals surface area contributed by atoms with Crippen molar-refractivity contribution in [3.05, 3.63) is 23.1 Å². The van der Waals surface area contributed by atoms with E-state index in [9.17, 15) is 9.18 Å². The number of piperazine rings is 1. The third-order valence-electron chi connectivity index (χ3n) is 3.53. The molecule has 1 aromatic heterocycles. The molecule has 5 nitrogen and oxygen atoms in total. The van der Waals surface area contributed by atoms with E-state index in [-0.39, 0.29) is 5.91 Å². The Kier molecular flexibility index (Phi) is 3.28. The minimum absolute atomic E-state index is 0.0560. The van der Waals surface area contributed by atoms with Crippen molar-refractivity contribution in [3.8, 4) is 0 Å². The quantitative estimate of drug-likeness (QED) is 0.859. The first-order valence-corrected chi connectivity index (χ1v) is 6.58. The van der Waals surface area contributed by atoms with Crippen LogP contribution in [-0.2, 0) is 4.79 Å². The second kappa shape index (κ2) is 4.94. The Hall–Kier alpha value is -1.40. The molecule has 2 aliphatic heterocycles. The molecule has 19 heavy (non-hydrogen) atoms. The summed E-state index contributed by atoms with van der Waals surface area (Å²) in [5, 5.41) is 3.09. The Morgan fingerprint density at radius 3 is 2.95 bits per heavy atom. The smallest absolute Gasteiger partial charge is 0.234 e. The summed E-state index contributed by atoms with van der Waals surface area (Å²) in [5.41, 5.74) is 0. The summed E-state index contributed by atoms with van der Waals surface area (Å²) in [6.45, 7) is 3.34. The van der Waals surface area contributed by atoms with Crippen molar-refractivity contribution in [2.45, 2.75) is 6.04 Å². The maximum Gasteiger partial charge on any atom is 0.234 e. The highest BCUT2D eigenvalue weighted by molar-refractivity contribution is 6.30. The number of nitrogens with zero attached hydrogens (tertiary/aromatic N) is 3. The fraction of sp³-hybridized carbons (Fsp3) is 0.500. The minimum Gasteiger partial charge on any atom is -0.354 e. The van der Waals surface area contributed by atoms with E-state index in [1.54, 1.807) is 0 Å². The van der Waals surface area contributed by atoms with E-state index < -0.39 is 5.82 Å². The summed E-state index contributed by atoms with van der Waals surface area (Å²) >= 11 is 5.68. The lowest BCUT2D eigenvalue weighted by atomic mass is 10.1. The van der Waals surface area contributed by atoms with Gasteiger partial charge in [-0.15, -0.1) is 0 Å². The maximum absolute atomic E-state index is 13.7. The van der Waals surface area contributed by atoms with Gasteiger partial charge in [-0.25, -0.2) is 9.37 Å². The van der Waals surface area contributed by atoms with Gasteiger partial charge in [0.05, 0.1) is 11.6 Å². The highest BCUT2D eigenvalue weighted by atomic mass is 35.5. The molecular formula is C12H14ClFN4O. The van der Waals surface area contributed by atoms with Crippen LogP contribution in [0.25, 0.3) is 0 Å². The lowest BCUT2D eigenvalue weighted by Gasteiger charge is -2.46. The summed E-state index contributed by atoms with van der Waals surface area (Å²) in [5.74, 6) is -0.00931. The van der Waals surface area contributed by atoms with Crippen LogP contribution in [0.15, 0.2) is 12.3 Å². The molecule has 3 rings (SSSR count).